The molecule has 1 saturated heterocycles. The average Bonchev–Trinajstić information content (AvgIpc) is 2.70. The molecule has 1 aromatic heterocycles. The van der Waals surface area contributed by atoms with Crippen molar-refractivity contribution in [2.24, 2.45) is 0 Å². The quantitative estimate of drug-likeness (QED) is 0.612. The molecule has 0 bridgehead atoms. The molecular formula is C9H10BrN3O2. The van der Waals surface area contributed by atoms with Crippen LogP contribution in [0, 0.1) is 10.1 Å². The molecule has 0 N–H and O–H groups in total. The number of nitro groups is 1. The van der Waals surface area contributed by atoms with Gasteiger partial charge < -0.3 is 4.90 Å². The Bertz CT molecular complexity index is 391. The van der Waals surface area contributed by atoms with E-state index in [2.05, 4.69) is 25.8 Å². The molecule has 5 nitrogen and oxygen atoms in total. The van der Waals surface area contributed by atoms with E-state index in [-0.39, 0.29) is 5.69 Å². The molecule has 1 fully saturated rings. The maximum Gasteiger partial charge on any atom is 0.288 e. The van der Waals surface area contributed by atoms with Gasteiger partial charge in [0.05, 0.1) is 9.40 Å². The molecule has 0 radical (unpaired) electrons. The Kier molecular flexibility index (Phi) is 2.86. The van der Waals surface area contributed by atoms with Crippen molar-refractivity contribution in [3.63, 3.8) is 0 Å². The third kappa shape index (κ3) is 2.09. The predicted molar refractivity (Wildman–Crippen MR) is 60.0 cm³/mol. The Hall–Kier alpha value is -1.17. The third-order valence-corrected chi connectivity index (χ3v) is 3.01. The minimum atomic E-state index is -0.439. The Morgan fingerprint density at radius 3 is 2.67 bits per heavy atom. The molecule has 0 saturated carbocycles. The standard InChI is InChI=1S/C9H10BrN3O2/c10-8-5-7(13(14)15)6-11-9(8)12-3-1-2-4-12/h5-6H,1-4H2. The summed E-state index contributed by atoms with van der Waals surface area (Å²) in [5.74, 6) is 0.804. The third-order valence-electron chi connectivity index (χ3n) is 2.42. The number of halogens is 1. The lowest BCUT2D eigenvalue weighted by Crippen LogP contribution is -2.19. The van der Waals surface area contributed by atoms with Crippen LogP contribution in [0.15, 0.2) is 16.7 Å². The van der Waals surface area contributed by atoms with Gasteiger partial charge in [-0.15, -0.1) is 0 Å². The van der Waals surface area contributed by atoms with E-state index in [0.29, 0.717) is 4.47 Å². The lowest BCUT2D eigenvalue weighted by molar-refractivity contribution is -0.385. The summed E-state index contributed by atoms with van der Waals surface area (Å²) in [5.41, 5.74) is 0.0184. The van der Waals surface area contributed by atoms with Crippen LogP contribution in [-0.4, -0.2) is 23.0 Å². The maximum absolute atomic E-state index is 10.5. The van der Waals surface area contributed by atoms with Gasteiger partial charge in [0.25, 0.3) is 5.69 Å². The second kappa shape index (κ2) is 4.14. The molecule has 80 valence electrons. The molecule has 6 heteroatoms. The normalized spacial score (nSPS) is 15.7. The van der Waals surface area contributed by atoms with Crippen molar-refractivity contribution in [1.82, 2.24) is 4.98 Å². The summed E-state index contributed by atoms with van der Waals surface area (Å²) in [7, 11) is 0. The summed E-state index contributed by atoms with van der Waals surface area (Å²) < 4.78 is 0.693. The molecule has 1 aliphatic rings. The molecule has 0 aliphatic carbocycles. The summed E-state index contributed by atoms with van der Waals surface area (Å²) in [4.78, 5) is 16.3. The van der Waals surface area contributed by atoms with E-state index in [0.717, 1.165) is 31.7 Å². The van der Waals surface area contributed by atoms with Crippen molar-refractivity contribution in [3.05, 3.63) is 26.9 Å². The molecule has 2 rings (SSSR count). The first kappa shape index (κ1) is 10.4. The Balaban J connectivity index is 2.29. The van der Waals surface area contributed by atoms with Gasteiger partial charge in [0.1, 0.15) is 12.0 Å². The van der Waals surface area contributed by atoms with Crippen molar-refractivity contribution in [2.45, 2.75) is 12.8 Å². The number of hydrogen-bond donors (Lipinski definition) is 0. The van der Waals surface area contributed by atoms with Crippen molar-refractivity contribution < 1.29 is 4.92 Å². The van der Waals surface area contributed by atoms with Crippen LogP contribution in [0.2, 0.25) is 0 Å². The largest absolute Gasteiger partial charge is 0.356 e. The van der Waals surface area contributed by atoms with Crippen LogP contribution < -0.4 is 4.90 Å². The van der Waals surface area contributed by atoms with Gasteiger partial charge in [0, 0.05) is 19.2 Å². The van der Waals surface area contributed by atoms with E-state index < -0.39 is 4.92 Å². The lowest BCUT2D eigenvalue weighted by atomic mass is 10.4. The first-order valence-electron chi connectivity index (χ1n) is 4.73. The summed E-state index contributed by atoms with van der Waals surface area (Å²) in [6, 6.07) is 1.50. The molecular weight excluding hydrogens is 262 g/mol. The van der Waals surface area contributed by atoms with E-state index in [1.165, 1.54) is 12.3 Å². The fourth-order valence-corrected chi connectivity index (χ4v) is 2.27. The monoisotopic (exact) mass is 271 g/mol. The topological polar surface area (TPSA) is 59.3 Å². The van der Waals surface area contributed by atoms with E-state index in [1.54, 1.807) is 0 Å². The average molecular weight is 272 g/mol. The van der Waals surface area contributed by atoms with Crippen LogP contribution in [0.5, 0.6) is 0 Å². The van der Waals surface area contributed by atoms with Crippen LogP contribution in [-0.2, 0) is 0 Å². The van der Waals surface area contributed by atoms with Gasteiger partial charge in [-0.25, -0.2) is 4.98 Å². The fourth-order valence-electron chi connectivity index (χ4n) is 1.68. The highest BCUT2D eigenvalue weighted by Gasteiger charge is 2.18. The minimum absolute atomic E-state index is 0.0184. The first-order chi connectivity index (χ1) is 7.18. The highest BCUT2D eigenvalue weighted by Crippen LogP contribution is 2.29. The number of hydrogen-bond acceptors (Lipinski definition) is 4. The highest BCUT2D eigenvalue weighted by molar-refractivity contribution is 9.10. The molecule has 0 atom stereocenters. The van der Waals surface area contributed by atoms with Crippen molar-refractivity contribution >= 4 is 27.4 Å². The Labute approximate surface area is 95.4 Å². The molecule has 0 spiro atoms. The van der Waals surface area contributed by atoms with Gasteiger partial charge in [-0.05, 0) is 28.8 Å². The Morgan fingerprint density at radius 2 is 2.13 bits per heavy atom. The minimum Gasteiger partial charge on any atom is -0.356 e. The lowest BCUT2D eigenvalue weighted by Gasteiger charge is -2.17. The van der Waals surface area contributed by atoms with Crippen LogP contribution in [0.1, 0.15) is 12.8 Å². The van der Waals surface area contributed by atoms with Crippen LogP contribution in [0.4, 0.5) is 11.5 Å². The SMILES string of the molecule is O=[N+]([O-])c1cnc(N2CCCC2)c(Br)c1. The molecule has 0 amide bonds. The van der Waals surface area contributed by atoms with E-state index in [9.17, 15) is 10.1 Å². The molecule has 0 unspecified atom stereocenters. The van der Waals surface area contributed by atoms with Gasteiger partial charge in [-0.3, -0.25) is 10.1 Å². The van der Waals surface area contributed by atoms with Gasteiger partial charge in [-0.2, -0.15) is 0 Å². The zero-order valence-electron chi connectivity index (χ0n) is 8.02. The smallest absolute Gasteiger partial charge is 0.288 e. The molecule has 1 aromatic rings. The molecule has 2 heterocycles. The Morgan fingerprint density at radius 1 is 1.47 bits per heavy atom. The van der Waals surface area contributed by atoms with Crippen LogP contribution >= 0.6 is 15.9 Å². The predicted octanol–water partition coefficient (Wildman–Crippen LogP) is 2.35. The summed E-state index contributed by atoms with van der Waals surface area (Å²) in [5, 5.41) is 10.5. The molecule has 1 aliphatic heterocycles. The van der Waals surface area contributed by atoms with Crippen molar-refractivity contribution in [1.29, 1.82) is 0 Å². The summed E-state index contributed by atoms with van der Waals surface area (Å²) >= 11 is 3.32. The molecule has 15 heavy (non-hydrogen) atoms. The van der Waals surface area contributed by atoms with Gasteiger partial charge in [-0.1, -0.05) is 0 Å². The summed E-state index contributed by atoms with van der Waals surface area (Å²) in [6.07, 6.45) is 3.62. The number of rotatable bonds is 2. The fraction of sp³-hybridized carbons (Fsp3) is 0.444. The highest BCUT2D eigenvalue weighted by atomic mass is 79.9. The number of pyridine rings is 1. The molecule has 0 aromatic carbocycles. The van der Waals surface area contributed by atoms with Crippen molar-refractivity contribution in [2.75, 3.05) is 18.0 Å². The summed E-state index contributed by atoms with van der Waals surface area (Å²) in [6.45, 7) is 1.95. The zero-order valence-corrected chi connectivity index (χ0v) is 9.61. The van der Waals surface area contributed by atoms with E-state index in [4.69, 9.17) is 0 Å². The van der Waals surface area contributed by atoms with Gasteiger partial charge in [0.2, 0.25) is 0 Å². The number of nitrogens with zero attached hydrogens (tertiary/aromatic N) is 3. The maximum atomic E-state index is 10.5. The van der Waals surface area contributed by atoms with Crippen molar-refractivity contribution in [3.8, 4) is 0 Å². The first-order valence-corrected chi connectivity index (χ1v) is 5.52. The van der Waals surface area contributed by atoms with Crippen LogP contribution in [0.3, 0.4) is 0 Å². The van der Waals surface area contributed by atoms with Gasteiger partial charge in [0.15, 0.2) is 0 Å². The van der Waals surface area contributed by atoms with Gasteiger partial charge >= 0.3 is 0 Å². The zero-order chi connectivity index (χ0) is 10.8. The van der Waals surface area contributed by atoms with E-state index in [1.807, 2.05) is 0 Å². The number of anilines is 1. The van der Waals surface area contributed by atoms with E-state index >= 15 is 0 Å². The van der Waals surface area contributed by atoms with Crippen LogP contribution in [0.25, 0.3) is 0 Å². The number of aromatic nitrogens is 1. The second-order valence-corrected chi connectivity index (χ2v) is 4.30. The second-order valence-electron chi connectivity index (χ2n) is 3.45.